The number of anilines is 2. The first-order valence-electron chi connectivity index (χ1n) is 7.37. The van der Waals surface area contributed by atoms with E-state index in [1.807, 2.05) is 12.1 Å². The van der Waals surface area contributed by atoms with E-state index in [1.165, 1.54) is 0 Å². The minimum atomic E-state index is 0.355. The fraction of sp³-hybridized carbons (Fsp3) is 0.333. The minimum Gasteiger partial charge on any atom is -0.365 e. The van der Waals surface area contributed by atoms with Gasteiger partial charge >= 0.3 is 0 Å². The molecule has 0 bridgehead atoms. The number of hydrogen-bond donors (Lipinski definition) is 1. The van der Waals surface area contributed by atoms with E-state index in [0.717, 1.165) is 47.8 Å². The summed E-state index contributed by atoms with van der Waals surface area (Å²) >= 11 is 1.64. The highest BCUT2D eigenvalue weighted by molar-refractivity contribution is 7.16. The molecule has 1 aliphatic heterocycles. The number of rotatable bonds is 3. The number of aromatic nitrogens is 4. The maximum atomic E-state index is 4.41. The predicted molar refractivity (Wildman–Crippen MR) is 88.3 cm³/mol. The van der Waals surface area contributed by atoms with Gasteiger partial charge in [0.15, 0.2) is 5.82 Å². The first kappa shape index (κ1) is 13.4. The van der Waals surface area contributed by atoms with Gasteiger partial charge in [0.1, 0.15) is 17.0 Å². The van der Waals surface area contributed by atoms with E-state index in [9.17, 15) is 0 Å². The fourth-order valence-electron chi connectivity index (χ4n) is 2.86. The van der Waals surface area contributed by atoms with Gasteiger partial charge in [-0.2, -0.15) is 5.10 Å². The Morgan fingerprint density at radius 3 is 3.18 bits per heavy atom. The number of nitrogens with one attached hydrogen (secondary N) is 1. The topological polar surface area (TPSA) is 66.8 Å². The van der Waals surface area contributed by atoms with Gasteiger partial charge in [-0.25, -0.2) is 9.97 Å². The molecule has 7 heteroatoms. The van der Waals surface area contributed by atoms with Crippen LogP contribution in [-0.4, -0.2) is 39.3 Å². The lowest BCUT2D eigenvalue weighted by Crippen LogP contribution is -2.42. The van der Waals surface area contributed by atoms with Crippen molar-refractivity contribution in [2.24, 2.45) is 0 Å². The number of hydrogen-bond acceptors (Lipinski definition) is 7. The van der Waals surface area contributed by atoms with Gasteiger partial charge in [0, 0.05) is 25.3 Å². The molecule has 1 unspecified atom stereocenters. The van der Waals surface area contributed by atoms with Crippen molar-refractivity contribution >= 4 is 33.2 Å². The molecule has 0 spiro atoms. The summed E-state index contributed by atoms with van der Waals surface area (Å²) in [5, 5.41) is 14.9. The van der Waals surface area contributed by atoms with Crippen molar-refractivity contribution in [3.05, 3.63) is 36.1 Å². The molecule has 0 saturated carbocycles. The molecule has 1 atom stereocenters. The van der Waals surface area contributed by atoms with Crippen molar-refractivity contribution in [1.82, 2.24) is 20.2 Å². The van der Waals surface area contributed by atoms with E-state index in [-0.39, 0.29) is 0 Å². The molecule has 22 heavy (non-hydrogen) atoms. The Morgan fingerprint density at radius 2 is 2.27 bits per heavy atom. The maximum absolute atomic E-state index is 4.41. The largest absolute Gasteiger partial charge is 0.365 e. The summed E-state index contributed by atoms with van der Waals surface area (Å²) in [5.41, 5.74) is 0. The molecule has 4 rings (SSSR count). The number of piperidine rings is 1. The van der Waals surface area contributed by atoms with Crippen molar-refractivity contribution in [3.63, 3.8) is 0 Å². The molecule has 6 nitrogen and oxygen atoms in total. The van der Waals surface area contributed by atoms with Crippen LogP contribution in [-0.2, 0) is 0 Å². The third kappa shape index (κ3) is 2.59. The third-order valence-electron chi connectivity index (χ3n) is 3.91. The summed E-state index contributed by atoms with van der Waals surface area (Å²) in [6.45, 7) is 1.93. The molecule has 0 aliphatic carbocycles. The third-order valence-corrected chi connectivity index (χ3v) is 4.73. The number of thiophene rings is 1. The van der Waals surface area contributed by atoms with Crippen LogP contribution < -0.4 is 10.2 Å². The summed E-state index contributed by atoms with van der Waals surface area (Å²) in [6.07, 6.45) is 5.60. The predicted octanol–water partition coefficient (Wildman–Crippen LogP) is 2.56. The molecule has 0 radical (unpaired) electrons. The van der Waals surface area contributed by atoms with Gasteiger partial charge in [0.2, 0.25) is 0 Å². The van der Waals surface area contributed by atoms with Gasteiger partial charge in [0.05, 0.1) is 5.39 Å². The first-order chi connectivity index (χ1) is 10.9. The Balaban J connectivity index is 1.52. The Morgan fingerprint density at radius 1 is 1.27 bits per heavy atom. The molecule has 0 aromatic carbocycles. The molecule has 0 amide bonds. The molecule has 1 aliphatic rings. The smallest absolute Gasteiger partial charge is 0.151 e. The zero-order valence-corrected chi connectivity index (χ0v) is 12.8. The molecule has 1 saturated heterocycles. The van der Waals surface area contributed by atoms with E-state index >= 15 is 0 Å². The van der Waals surface area contributed by atoms with Crippen LogP contribution in [0.15, 0.2) is 36.1 Å². The quantitative estimate of drug-likeness (QED) is 0.802. The van der Waals surface area contributed by atoms with E-state index in [0.29, 0.717) is 6.04 Å². The second-order valence-electron chi connectivity index (χ2n) is 5.37. The average molecular weight is 312 g/mol. The second-order valence-corrected chi connectivity index (χ2v) is 6.27. The van der Waals surface area contributed by atoms with Crippen LogP contribution in [0.25, 0.3) is 10.2 Å². The average Bonchev–Trinajstić information content (AvgIpc) is 3.06. The summed E-state index contributed by atoms with van der Waals surface area (Å²) < 4.78 is 0. The molecule has 1 N–H and O–H groups in total. The molecule has 3 aromatic rings. The van der Waals surface area contributed by atoms with E-state index in [4.69, 9.17) is 0 Å². The highest BCUT2D eigenvalue weighted by Gasteiger charge is 2.22. The summed E-state index contributed by atoms with van der Waals surface area (Å²) in [7, 11) is 0. The normalized spacial score (nSPS) is 18.5. The van der Waals surface area contributed by atoms with Crippen molar-refractivity contribution in [2.75, 3.05) is 23.3 Å². The van der Waals surface area contributed by atoms with Gasteiger partial charge in [-0.05, 0) is 36.4 Å². The highest BCUT2D eigenvalue weighted by atomic mass is 32.1. The van der Waals surface area contributed by atoms with Gasteiger partial charge in [-0.1, -0.05) is 0 Å². The van der Waals surface area contributed by atoms with Crippen molar-refractivity contribution in [3.8, 4) is 0 Å². The Labute approximate surface area is 132 Å². The summed E-state index contributed by atoms with van der Waals surface area (Å²) in [6, 6.07) is 6.37. The van der Waals surface area contributed by atoms with Gasteiger partial charge in [0.25, 0.3) is 0 Å². The fourth-order valence-corrected chi connectivity index (χ4v) is 3.60. The van der Waals surface area contributed by atoms with Crippen LogP contribution in [0.1, 0.15) is 12.8 Å². The number of fused-ring (bicyclic) bond motifs is 1. The Kier molecular flexibility index (Phi) is 3.56. The summed E-state index contributed by atoms with van der Waals surface area (Å²) in [4.78, 5) is 12.0. The lowest BCUT2D eigenvalue weighted by Gasteiger charge is -2.33. The van der Waals surface area contributed by atoms with Crippen LogP contribution in [0.2, 0.25) is 0 Å². The van der Waals surface area contributed by atoms with Crippen molar-refractivity contribution in [1.29, 1.82) is 0 Å². The molecule has 1 fully saturated rings. The zero-order valence-electron chi connectivity index (χ0n) is 12.0. The van der Waals surface area contributed by atoms with E-state index in [2.05, 4.69) is 41.8 Å². The standard InChI is InChI=1S/C15H16N6S/c1-4-13(20-18-6-1)21-7-2-3-11(9-21)19-14-12-5-8-22-15(12)17-10-16-14/h1,4-6,8,10-11H,2-3,7,9H2,(H,16,17,19). The molecular weight excluding hydrogens is 296 g/mol. The van der Waals surface area contributed by atoms with Crippen LogP contribution in [0.4, 0.5) is 11.6 Å². The molecule has 112 valence electrons. The van der Waals surface area contributed by atoms with Gasteiger partial charge in [-0.3, -0.25) is 0 Å². The number of nitrogens with zero attached hydrogens (tertiary/aromatic N) is 5. The van der Waals surface area contributed by atoms with E-state index < -0.39 is 0 Å². The van der Waals surface area contributed by atoms with Crippen LogP contribution in [0.3, 0.4) is 0 Å². The highest BCUT2D eigenvalue weighted by Crippen LogP contribution is 2.26. The monoisotopic (exact) mass is 312 g/mol. The van der Waals surface area contributed by atoms with E-state index in [1.54, 1.807) is 23.9 Å². The van der Waals surface area contributed by atoms with Crippen molar-refractivity contribution < 1.29 is 0 Å². The van der Waals surface area contributed by atoms with Gasteiger partial charge in [-0.15, -0.1) is 16.4 Å². The zero-order chi connectivity index (χ0) is 14.8. The van der Waals surface area contributed by atoms with Crippen molar-refractivity contribution in [2.45, 2.75) is 18.9 Å². The first-order valence-corrected chi connectivity index (χ1v) is 8.25. The molecule has 4 heterocycles. The van der Waals surface area contributed by atoms with Crippen LogP contribution in [0.5, 0.6) is 0 Å². The van der Waals surface area contributed by atoms with Crippen LogP contribution >= 0.6 is 11.3 Å². The minimum absolute atomic E-state index is 0.355. The Hall–Kier alpha value is -2.28. The Bertz CT molecular complexity index is 759. The molecular formula is C15H16N6S. The molecule has 3 aromatic heterocycles. The van der Waals surface area contributed by atoms with Gasteiger partial charge < -0.3 is 10.2 Å². The SMILES string of the molecule is c1cnnc(N2CCCC(Nc3ncnc4sccc34)C2)c1. The van der Waals surface area contributed by atoms with Crippen LogP contribution in [0, 0.1) is 0 Å². The second kappa shape index (κ2) is 5.84. The maximum Gasteiger partial charge on any atom is 0.151 e. The lowest BCUT2D eigenvalue weighted by atomic mass is 10.1. The lowest BCUT2D eigenvalue weighted by molar-refractivity contribution is 0.524. The summed E-state index contributed by atoms with van der Waals surface area (Å²) in [5.74, 6) is 1.87.